The molecule has 2 unspecified atom stereocenters. The number of benzene rings is 1. The van der Waals surface area contributed by atoms with Gasteiger partial charge in [-0.05, 0) is 42.6 Å². The highest BCUT2D eigenvalue weighted by Gasteiger charge is 2.14. The summed E-state index contributed by atoms with van der Waals surface area (Å²) in [5, 5.41) is 3.58. The van der Waals surface area contributed by atoms with Crippen molar-refractivity contribution in [1.82, 2.24) is 5.32 Å². The van der Waals surface area contributed by atoms with Crippen LogP contribution in [0.5, 0.6) is 0 Å². The predicted molar refractivity (Wildman–Crippen MR) is 82.3 cm³/mol. The van der Waals surface area contributed by atoms with Gasteiger partial charge < -0.3 is 5.32 Å². The zero-order chi connectivity index (χ0) is 12.8. The average molecular weight is 363 g/mol. The Morgan fingerprint density at radius 2 is 1.71 bits per heavy atom. The van der Waals surface area contributed by atoms with Crippen LogP contribution in [0.3, 0.4) is 0 Å². The third kappa shape index (κ3) is 5.11. The Labute approximate surface area is 122 Å². The van der Waals surface area contributed by atoms with Crippen molar-refractivity contribution in [3.63, 3.8) is 0 Å². The molecule has 0 amide bonds. The van der Waals surface area contributed by atoms with E-state index >= 15 is 0 Å². The van der Waals surface area contributed by atoms with Crippen molar-refractivity contribution in [1.29, 1.82) is 0 Å². The van der Waals surface area contributed by atoms with Crippen LogP contribution >= 0.6 is 31.9 Å². The van der Waals surface area contributed by atoms with Gasteiger partial charge in [-0.25, -0.2) is 0 Å². The number of halogens is 2. The maximum atomic E-state index is 3.58. The van der Waals surface area contributed by atoms with E-state index in [0.29, 0.717) is 6.04 Å². The molecule has 0 aliphatic heterocycles. The molecule has 2 atom stereocenters. The Morgan fingerprint density at radius 1 is 1.12 bits per heavy atom. The number of hydrogen-bond donors (Lipinski definition) is 1. The summed E-state index contributed by atoms with van der Waals surface area (Å²) in [6, 6.07) is 6.94. The fourth-order valence-corrected chi connectivity index (χ4v) is 3.26. The molecule has 0 bridgehead atoms. The van der Waals surface area contributed by atoms with Crippen molar-refractivity contribution in [3.05, 3.63) is 32.7 Å². The van der Waals surface area contributed by atoms with Gasteiger partial charge in [-0.15, -0.1) is 0 Å². The van der Waals surface area contributed by atoms with Gasteiger partial charge in [0.2, 0.25) is 0 Å². The molecule has 1 nitrogen and oxygen atoms in total. The van der Waals surface area contributed by atoms with Crippen LogP contribution in [-0.4, -0.2) is 6.54 Å². The van der Waals surface area contributed by atoms with Gasteiger partial charge in [0, 0.05) is 15.0 Å². The minimum Gasteiger partial charge on any atom is -0.310 e. The van der Waals surface area contributed by atoms with Crippen LogP contribution in [0.1, 0.15) is 45.2 Å². The molecule has 0 saturated carbocycles. The lowest BCUT2D eigenvalue weighted by Gasteiger charge is -2.22. The predicted octanol–water partition coefficient (Wildman–Crippen LogP) is 5.30. The summed E-state index contributed by atoms with van der Waals surface area (Å²) in [6.45, 7) is 7.74. The van der Waals surface area contributed by atoms with Crippen molar-refractivity contribution in [2.45, 2.75) is 39.7 Å². The molecule has 3 heteroatoms. The fourth-order valence-electron chi connectivity index (χ4n) is 1.93. The second-order valence-corrected chi connectivity index (χ2v) is 6.39. The Hall–Kier alpha value is 0.140. The van der Waals surface area contributed by atoms with E-state index in [-0.39, 0.29) is 0 Å². The lowest BCUT2D eigenvalue weighted by molar-refractivity contribution is 0.408. The van der Waals surface area contributed by atoms with Crippen LogP contribution in [0.4, 0.5) is 0 Å². The van der Waals surface area contributed by atoms with Crippen LogP contribution < -0.4 is 5.32 Å². The van der Waals surface area contributed by atoms with Crippen molar-refractivity contribution >= 4 is 31.9 Å². The van der Waals surface area contributed by atoms with Crippen molar-refractivity contribution in [2.24, 2.45) is 5.92 Å². The first-order valence-electron chi connectivity index (χ1n) is 6.26. The Morgan fingerprint density at radius 3 is 2.18 bits per heavy atom. The van der Waals surface area contributed by atoms with Crippen LogP contribution in [0.2, 0.25) is 0 Å². The van der Waals surface area contributed by atoms with Crippen LogP contribution in [0, 0.1) is 5.92 Å². The van der Waals surface area contributed by atoms with Crippen LogP contribution in [-0.2, 0) is 0 Å². The number of nitrogens with one attached hydrogen (secondary N) is 1. The largest absolute Gasteiger partial charge is 0.310 e. The van der Waals surface area contributed by atoms with Crippen molar-refractivity contribution in [2.75, 3.05) is 6.54 Å². The summed E-state index contributed by atoms with van der Waals surface area (Å²) in [4.78, 5) is 0. The van der Waals surface area contributed by atoms with Gasteiger partial charge in [0.15, 0.2) is 0 Å². The molecule has 0 heterocycles. The van der Waals surface area contributed by atoms with Gasteiger partial charge in [-0.1, -0.05) is 59.1 Å². The van der Waals surface area contributed by atoms with Crippen molar-refractivity contribution < 1.29 is 0 Å². The molecule has 17 heavy (non-hydrogen) atoms. The summed E-state index contributed by atoms with van der Waals surface area (Å²) in [6.07, 6.45) is 2.42. The zero-order valence-electron chi connectivity index (χ0n) is 10.8. The van der Waals surface area contributed by atoms with Gasteiger partial charge in [-0.3, -0.25) is 0 Å². The molecule has 0 spiro atoms. The highest BCUT2D eigenvalue weighted by atomic mass is 79.9. The average Bonchev–Trinajstić information content (AvgIpc) is 2.27. The first kappa shape index (κ1) is 15.2. The maximum absolute atomic E-state index is 3.58. The summed E-state index contributed by atoms with van der Waals surface area (Å²) >= 11 is 7.12. The molecule has 0 radical (unpaired) electrons. The molecule has 1 aromatic carbocycles. The van der Waals surface area contributed by atoms with E-state index in [0.717, 1.165) is 21.4 Å². The van der Waals surface area contributed by atoms with Gasteiger partial charge in [0.05, 0.1) is 0 Å². The first-order valence-corrected chi connectivity index (χ1v) is 7.84. The molecule has 0 aliphatic carbocycles. The third-order valence-corrected chi connectivity index (χ3v) is 3.99. The quantitative estimate of drug-likeness (QED) is 0.724. The molecule has 96 valence electrons. The zero-order valence-corrected chi connectivity index (χ0v) is 13.9. The van der Waals surface area contributed by atoms with Gasteiger partial charge in [-0.2, -0.15) is 0 Å². The molecule has 1 N–H and O–H groups in total. The molecular weight excluding hydrogens is 342 g/mol. The first-order chi connectivity index (χ1) is 8.06. The molecule has 0 fully saturated rings. The van der Waals surface area contributed by atoms with E-state index in [9.17, 15) is 0 Å². The standard InChI is InChI=1S/C14H21Br2N/c1-4-10(3)6-14(17-5-2)11-7-12(15)9-13(16)8-11/h7-10,14,17H,4-6H2,1-3H3. The smallest absolute Gasteiger partial charge is 0.0323 e. The Balaban J connectivity index is 2.88. The fraction of sp³-hybridized carbons (Fsp3) is 0.571. The van der Waals surface area contributed by atoms with E-state index in [1.165, 1.54) is 18.4 Å². The lowest BCUT2D eigenvalue weighted by Crippen LogP contribution is -2.22. The lowest BCUT2D eigenvalue weighted by atomic mass is 9.94. The molecular formula is C14H21Br2N. The summed E-state index contributed by atoms with van der Waals surface area (Å²) < 4.78 is 2.27. The van der Waals surface area contributed by atoms with Crippen LogP contribution in [0.25, 0.3) is 0 Å². The van der Waals surface area contributed by atoms with Crippen LogP contribution in [0.15, 0.2) is 27.1 Å². The monoisotopic (exact) mass is 361 g/mol. The second kappa shape index (κ2) is 7.55. The summed E-state index contributed by atoms with van der Waals surface area (Å²) in [5.74, 6) is 0.747. The second-order valence-electron chi connectivity index (χ2n) is 4.56. The molecule has 1 aromatic rings. The van der Waals surface area contributed by atoms with E-state index in [4.69, 9.17) is 0 Å². The molecule has 0 saturated heterocycles. The highest BCUT2D eigenvalue weighted by Crippen LogP contribution is 2.28. The summed E-state index contributed by atoms with van der Waals surface area (Å²) in [5.41, 5.74) is 1.36. The minimum atomic E-state index is 0.448. The minimum absolute atomic E-state index is 0.448. The van der Waals surface area contributed by atoms with Gasteiger partial charge in [0.1, 0.15) is 0 Å². The molecule has 0 aromatic heterocycles. The third-order valence-electron chi connectivity index (χ3n) is 3.07. The SMILES string of the molecule is CCNC(CC(C)CC)c1cc(Br)cc(Br)c1. The number of rotatable bonds is 6. The van der Waals surface area contributed by atoms with E-state index < -0.39 is 0 Å². The van der Waals surface area contributed by atoms with E-state index in [2.05, 4.69) is 76.1 Å². The normalized spacial score (nSPS) is 14.6. The molecule has 0 aliphatic rings. The maximum Gasteiger partial charge on any atom is 0.0323 e. The Kier molecular flexibility index (Phi) is 6.75. The summed E-state index contributed by atoms with van der Waals surface area (Å²) in [7, 11) is 0. The number of hydrogen-bond acceptors (Lipinski definition) is 1. The highest BCUT2D eigenvalue weighted by molar-refractivity contribution is 9.11. The van der Waals surface area contributed by atoms with E-state index in [1.807, 2.05) is 0 Å². The Bertz CT molecular complexity index is 332. The van der Waals surface area contributed by atoms with Gasteiger partial charge in [0.25, 0.3) is 0 Å². The van der Waals surface area contributed by atoms with E-state index in [1.54, 1.807) is 0 Å². The van der Waals surface area contributed by atoms with Crippen molar-refractivity contribution in [3.8, 4) is 0 Å². The topological polar surface area (TPSA) is 12.0 Å². The molecule has 1 rings (SSSR count). The van der Waals surface area contributed by atoms with Gasteiger partial charge >= 0.3 is 0 Å².